The molecule has 132 valence electrons. The molecule has 0 radical (unpaired) electrons. The first-order valence-electron chi connectivity index (χ1n) is 8.30. The molecular formula is C20H22ClNO3. The molecule has 0 saturated carbocycles. The van der Waals surface area contributed by atoms with Crippen molar-refractivity contribution in [2.75, 3.05) is 6.61 Å². The van der Waals surface area contributed by atoms with E-state index in [1.54, 1.807) is 24.3 Å². The number of amides is 1. The highest BCUT2D eigenvalue weighted by molar-refractivity contribution is 6.30. The van der Waals surface area contributed by atoms with Gasteiger partial charge in [-0.2, -0.15) is 0 Å². The molecular weight excluding hydrogens is 338 g/mol. The number of aryl methyl sites for hydroxylation is 1. The average Bonchev–Trinajstić information content (AvgIpc) is 2.54. The summed E-state index contributed by atoms with van der Waals surface area (Å²) in [6, 6.07) is 12.9. The maximum absolute atomic E-state index is 12.4. The molecule has 25 heavy (non-hydrogen) atoms. The van der Waals surface area contributed by atoms with Crippen molar-refractivity contribution >= 4 is 17.5 Å². The van der Waals surface area contributed by atoms with Crippen molar-refractivity contribution in [2.45, 2.75) is 38.8 Å². The van der Waals surface area contributed by atoms with Crippen LogP contribution in [0.2, 0.25) is 5.02 Å². The average molecular weight is 360 g/mol. The summed E-state index contributed by atoms with van der Waals surface area (Å²) >= 11 is 5.84. The molecule has 0 fully saturated rings. The molecule has 0 aliphatic carbocycles. The normalized spacial score (nSPS) is 18.0. The zero-order chi connectivity index (χ0) is 18.0. The van der Waals surface area contributed by atoms with E-state index in [0.717, 1.165) is 16.9 Å². The van der Waals surface area contributed by atoms with Gasteiger partial charge in [0, 0.05) is 17.0 Å². The van der Waals surface area contributed by atoms with Crippen LogP contribution in [0.15, 0.2) is 42.5 Å². The number of rotatable bonds is 4. The summed E-state index contributed by atoms with van der Waals surface area (Å²) in [5.74, 6) is 1.28. The van der Waals surface area contributed by atoms with Gasteiger partial charge in [-0.15, -0.1) is 0 Å². The molecule has 4 nitrogen and oxygen atoms in total. The molecule has 2 aromatic rings. The molecule has 1 aliphatic rings. The van der Waals surface area contributed by atoms with Crippen LogP contribution in [0.5, 0.6) is 11.5 Å². The Morgan fingerprint density at radius 1 is 1.28 bits per heavy atom. The standard InChI is InChI=1S/C20H22ClNO3/c1-13-4-9-18-16(10-13)17(11-20(2,3)25-18)22-19(23)12-24-15-7-5-14(21)6-8-15/h4-10,17H,11-12H2,1-3H3,(H,22,23)/t17-/m1/s1. The van der Waals surface area contributed by atoms with Crippen LogP contribution >= 0.6 is 11.6 Å². The van der Waals surface area contributed by atoms with Crippen LogP contribution in [0.25, 0.3) is 0 Å². The Morgan fingerprint density at radius 3 is 2.72 bits per heavy atom. The second kappa shape index (κ2) is 6.96. The molecule has 1 N–H and O–H groups in total. The fraction of sp³-hybridized carbons (Fsp3) is 0.350. The van der Waals surface area contributed by atoms with Gasteiger partial charge in [-0.05, 0) is 51.1 Å². The van der Waals surface area contributed by atoms with Gasteiger partial charge in [0.1, 0.15) is 17.1 Å². The van der Waals surface area contributed by atoms with Crippen molar-refractivity contribution < 1.29 is 14.3 Å². The number of carbonyl (C=O) groups excluding carboxylic acids is 1. The van der Waals surface area contributed by atoms with Crippen molar-refractivity contribution in [3.05, 3.63) is 58.6 Å². The zero-order valence-corrected chi connectivity index (χ0v) is 15.4. The van der Waals surface area contributed by atoms with Crippen LogP contribution in [0.1, 0.15) is 37.4 Å². The number of ether oxygens (including phenoxy) is 2. The molecule has 5 heteroatoms. The maximum Gasteiger partial charge on any atom is 0.258 e. The van der Waals surface area contributed by atoms with Crippen LogP contribution in [0, 0.1) is 6.92 Å². The molecule has 0 unspecified atom stereocenters. The number of hydrogen-bond acceptors (Lipinski definition) is 3. The first-order chi connectivity index (χ1) is 11.8. The van der Waals surface area contributed by atoms with Gasteiger partial charge in [0.15, 0.2) is 6.61 Å². The zero-order valence-electron chi connectivity index (χ0n) is 14.6. The van der Waals surface area contributed by atoms with Crippen LogP contribution in [-0.4, -0.2) is 18.1 Å². The summed E-state index contributed by atoms with van der Waals surface area (Å²) in [6.45, 7) is 6.04. The van der Waals surface area contributed by atoms with E-state index in [1.165, 1.54) is 0 Å². The SMILES string of the molecule is Cc1ccc2c(c1)[C@H](NC(=O)COc1ccc(Cl)cc1)CC(C)(C)O2. The number of fused-ring (bicyclic) bond motifs is 1. The monoisotopic (exact) mass is 359 g/mol. The topological polar surface area (TPSA) is 47.6 Å². The van der Waals surface area contributed by atoms with Crippen LogP contribution in [0.3, 0.4) is 0 Å². The highest BCUT2D eigenvalue weighted by Gasteiger charge is 2.34. The predicted octanol–water partition coefficient (Wildman–Crippen LogP) is 4.45. The number of nitrogens with one attached hydrogen (secondary N) is 1. The number of halogens is 1. The van der Waals surface area contributed by atoms with Crippen molar-refractivity contribution in [3.63, 3.8) is 0 Å². The Labute approximate surface area is 153 Å². The quantitative estimate of drug-likeness (QED) is 0.877. The van der Waals surface area contributed by atoms with Crippen LogP contribution in [0.4, 0.5) is 0 Å². The summed E-state index contributed by atoms with van der Waals surface area (Å²) in [7, 11) is 0. The molecule has 2 aromatic carbocycles. The Morgan fingerprint density at radius 2 is 2.00 bits per heavy atom. The maximum atomic E-state index is 12.4. The molecule has 1 amide bonds. The third kappa shape index (κ3) is 4.45. The summed E-state index contributed by atoms with van der Waals surface area (Å²) < 4.78 is 11.6. The summed E-state index contributed by atoms with van der Waals surface area (Å²) in [5.41, 5.74) is 1.81. The molecule has 0 saturated heterocycles. The summed E-state index contributed by atoms with van der Waals surface area (Å²) in [5, 5.41) is 3.70. The Balaban J connectivity index is 1.68. The van der Waals surface area contributed by atoms with Gasteiger partial charge >= 0.3 is 0 Å². The lowest BCUT2D eigenvalue weighted by atomic mass is 9.89. The molecule has 1 atom stereocenters. The minimum Gasteiger partial charge on any atom is -0.487 e. The lowest BCUT2D eigenvalue weighted by Gasteiger charge is -2.38. The molecule has 1 aliphatic heterocycles. The van der Waals surface area contributed by atoms with Crippen molar-refractivity contribution in [2.24, 2.45) is 0 Å². The number of carbonyl (C=O) groups is 1. The number of hydrogen-bond donors (Lipinski definition) is 1. The predicted molar refractivity (Wildman–Crippen MR) is 98.3 cm³/mol. The third-order valence-corrected chi connectivity index (χ3v) is 4.39. The van der Waals surface area contributed by atoms with Gasteiger partial charge in [0.25, 0.3) is 5.91 Å². The molecule has 0 aromatic heterocycles. The molecule has 3 rings (SSSR count). The lowest BCUT2D eigenvalue weighted by molar-refractivity contribution is -0.124. The molecule has 0 spiro atoms. The Hall–Kier alpha value is -2.20. The van der Waals surface area contributed by atoms with E-state index in [1.807, 2.05) is 32.9 Å². The fourth-order valence-corrected chi connectivity index (χ4v) is 3.14. The Bertz CT molecular complexity index is 771. The number of benzene rings is 2. The van der Waals surface area contributed by atoms with E-state index >= 15 is 0 Å². The van der Waals surface area contributed by atoms with Crippen molar-refractivity contribution in [1.29, 1.82) is 0 Å². The van der Waals surface area contributed by atoms with Crippen molar-refractivity contribution in [3.8, 4) is 11.5 Å². The first-order valence-corrected chi connectivity index (χ1v) is 8.67. The summed E-state index contributed by atoms with van der Waals surface area (Å²) in [6.07, 6.45) is 0.705. The van der Waals surface area contributed by atoms with Crippen LogP contribution in [-0.2, 0) is 4.79 Å². The highest BCUT2D eigenvalue weighted by atomic mass is 35.5. The summed E-state index contributed by atoms with van der Waals surface area (Å²) in [4.78, 5) is 12.4. The van der Waals surface area contributed by atoms with E-state index in [4.69, 9.17) is 21.1 Å². The van der Waals surface area contributed by atoms with Crippen molar-refractivity contribution in [1.82, 2.24) is 5.32 Å². The van der Waals surface area contributed by atoms with E-state index in [0.29, 0.717) is 17.2 Å². The largest absolute Gasteiger partial charge is 0.487 e. The highest BCUT2D eigenvalue weighted by Crippen LogP contribution is 2.39. The first kappa shape index (κ1) is 17.6. The molecule has 1 heterocycles. The van der Waals surface area contributed by atoms with E-state index in [9.17, 15) is 4.79 Å². The van der Waals surface area contributed by atoms with Crippen LogP contribution < -0.4 is 14.8 Å². The smallest absolute Gasteiger partial charge is 0.258 e. The second-order valence-corrected chi connectivity index (χ2v) is 7.41. The van der Waals surface area contributed by atoms with Gasteiger partial charge in [-0.1, -0.05) is 29.3 Å². The van der Waals surface area contributed by atoms with E-state index in [2.05, 4.69) is 11.4 Å². The van der Waals surface area contributed by atoms with Gasteiger partial charge in [0.2, 0.25) is 0 Å². The minimum atomic E-state index is -0.336. The fourth-order valence-electron chi connectivity index (χ4n) is 3.02. The van der Waals surface area contributed by atoms with Gasteiger partial charge in [-0.25, -0.2) is 0 Å². The van der Waals surface area contributed by atoms with Gasteiger partial charge < -0.3 is 14.8 Å². The van der Waals surface area contributed by atoms with Gasteiger partial charge in [0.05, 0.1) is 6.04 Å². The molecule has 0 bridgehead atoms. The lowest BCUT2D eigenvalue weighted by Crippen LogP contribution is -2.42. The van der Waals surface area contributed by atoms with Gasteiger partial charge in [-0.3, -0.25) is 4.79 Å². The Kier molecular flexibility index (Phi) is 4.91. The minimum absolute atomic E-state index is 0.0411. The second-order valence-electron chi connectivity index (χ2n) is 6.97. The third-order valence-electron chi connectivity index (χ3n) is 4.14. The van der Waals surface area contributed by atoms with E-state index < -0.39 is 0 Å². The van der Waals surface area contributed by atoms with E-state index in [-0.39, 0.29) is 24.2 Å².